The summed E-state index contributed by atoms with van der Waals surface area (Å²) in [6.45, 7) is 6.38. The van der Waals surface area contributed by atoms with Crippen molar-refractivity contribution in [3.05, 3.63) is 134 Å². The molecule has 0 aromatic rings. The summed E-state index contributed by atoms with van der Waals surface area (Å²) in [5, 5.41) is 0. The van der Waals surface area contributed by atoms with Crippen LogP contribution in [0.5, 0.6) is 0 Å². The first kappa shape index (κ1) is 72.5. The van der Waals surface area contributed by atoms with Gasteiger partial charge in [0, 0.05) is 19.3 Å². The van der Waals surface area contributed by atoms with Gasteiger partial charge in [-0.15, -0.1) is 0 Å². The SMILES string of the molecule is CC/C=C\C/C=C\C/C=C\C/C=C\C/C=C\C/C=C\CCCCCCCCCCC(=O)OCC(COC(=O)CCCCCCC/C=C\CCCCCCCC)OC(=O)CCCCCC/C=C\C/C=C\C/C=C\C/C=C\CC. The summed E-state index contributed by atoms with van der Waals surface area (Å²) in [5.41, 5.74) is 0. The Morgan fingerprint density at radius 3 is 0.805 bits per heavy atom. The van der Waals surface area contributed by atoms with Crippen molar-refractivity contribution >= 4 is 17.9 Å². The lowest BCUT2D eigenvalue weighted by atomic mass is 10.1. The average molecular weight is 1070 g/mol. The number of hydrogen-bond acceptors (Lipinski definition) is 6. The predicted molar refractivity (Wildman–Crippen MR) is 334 cm³/mol. The molecule has 1 unspecified atom stereocenters. The van der Waals surface area contributed by atoms with Gasteiger partial charge in [0.1, 0.15) is 13.2 Å². The molecule has 0 aromatic carbocycles. The van der Waals surface area contributed by atoms with Crippen LogP contribution in [0.2, 0.25) is 0 Å². The fourth-order valence-corrected chi connectivity index (χ4v) is 8.43. The van der Waals surface area contributed by atoms with E-state index >= 15 is 0 Å². The Morgan fingerprint density at radius 2 is 0.506 bits per heavy atom. The van der Waals surface area contributed by atoms with Crippen LogP contribution in [-0.4, -0.2) is 37.2 Å². The molecule has 6 nitrogen and oxygen atoms in total. The lowest BCUT2D eigenvalue weighted by Crippen LogP contribution is -2.30. The zero-order chi connectivity index (χ0) is 55.7. The topological polar surface area (TPSA) is 78.9 Å². The number of esters is 3. The number of unbranched alkanes of at least 4 members (excludes halogenated alkanes) is 23. The lowest BCUT2D eigenvalue weighted by Gasteiger charge is -2.18. The van der Waals surface area contributed by atoms with Gasteiger partial charge >= 0.3 is 17.9 Å². The summed E-state index contributed by atoms with van der Waals surface area (Å²) in [5.74, 6) is -0.937. The van der Waals surface area contributed by atoms with Crippen LogP contribution < -0.4 is 0 Å². The minimum absolute atomic E-state index is 0.0980. The van der Waals surface area contributed by atoms with Crippen LogP contribution in [0.25, 0.3) is 0 Å². The number of rotatable bonds is 56. The Labute approximate surface area is 475 Å². The summed E-state index contributed by atoms with van der Waals surface area (Å²) in [4.78, 5) is 38.3. The summed E-state index contributed by atoms with van der Waals surface area (Å²) >= 11 is 0. The molecule has 0 aromatic heterocycles. The zero-order valence-corrected chi connectivity index (χ0v) is 49.9. The van der Waals surface area contributed by atoms with E-state index in [2.05, 4.69) is 154 Å². The van der Waals surface area contributed by atoms with Crippen molar-refractivity contribution in [2.45, 2.75) is 284 Å². The van der Waals surface area contributed by atoms with Gasteiger partial charge < -0.3 is 14.2 Å². The van der Waals surface area contributed by atoms with E-state index in [9.17, 15) is 14.4 Å². The van der Waals surface area contributed by atoms with E-state index in [1.165, 1.54) is 83.5 Å². The molecule has 0 aliphatic carbocycles. The largest absolute Gasteiger partial charge is 0.462 e. The maximum absolute atomic E-state index is 12.9. The second-order valence-corrected chi connectivity index (χ2v) is 20.5. The van der Waals surface area contributed by atoms with E-state index in [-0.39, 0.29) is 31.1 Å². The summed E-state index contributed by atoms with van der Waals surface area (Å²) in [6, 6.07) is 0. The molecule has 0 fully saturated rings. The van der Waals surface area contributed by atoms with Gasteiger partial charge in [-0.1, -0.05) is 257 Å². The molecule has 0 radical (unpaired) electrons. The summed E-state index contributed by atoms with van der Waals surface area (Å²) < 4.78 is 16.9. The van der Waals surface area contributed by atoms with Gasteiger partial charge in [0.25, 0.3) is 0 Å². The number of carbonyl (C=O) groups excluding carboxylic acids is 3. The van der Waals surface area contributed by atoms with E-state index < -0.39 is 6.10 Å². The van der Waals surface area contributed by atoms with Crippen molar-refractivity contribution in [3.63, 3.8) is 0 Å². The van der Waals surface area contributed by atoms with Crippen LogP contribution in [0.4, 0.5) is 0 Å². The molecule has 0 rings (SSSR count). The molecule has 0 heterocycles. The van der Waals surface area contributed by atoms with E-state index in [4.69, 9.17) is 14.2 Å². The van der Waals surface area contributed by atoms with E-state index in [0.29, 0.717) is 19.3 Å². The van der Waals surface area contributed by atoms with Gasteiger partial charge in [-0.25, -0.2) is 0 Å². The highest BCUT2D eigenvalue weighted by atomic mass is 16.6. The average Bonchev–Trinajstić information content (AvgIpc) is 3.43. The van der Waals surface area contributed by atoms with Crippen LogP contribution >= 0.6 is 0 Å². The van der Waals surface area contributed by atoms with Crippen LogP contribution in [0.1, 0.15) is 278 Å². The lowest BCUT2D eigenvalue weighted by molar-refractivity contribution is -0.167. The highest BCUT2D eigenvalue weighted by molar-refractivity contribution is 5.71. The molecule has 436 valence electrons. The third kappa shape index (κ3) is 62.3. The first-order valence-electron chi connectivity index (χ1n) is 31.7. The van der Waals surface area contributed by atoms with Crippen LogP contribution in [0.3, 0.4) is 0 Å². The van der Waals surface area contributed by atoms with Crippen LogP contribution in [0, 0.1) is 0 Å². The van der Waals surface area contributed by atoms with Gasteiger partial charge in [-0.2, -0.15) is 0 Å². The van der Waals surface area contributed by atoms with Crippen LogP contribution in [-0.2, 0) is 28.6 Å². The molecule has 6 heteroatoms. The number of allylic oxidation sites excluding steroid dienone is 22. The first-order valence-corrected chi connectivity index (χ1v) is 31.7. The monoisotopic (exact) mass is 1060 g/mol. The normalized spacial score (nSPS) is 13.0. The second-order valence-electron chi connectivity index (χ2n) is 20.5. The van der Waals surface area contributed by atoms with Crippen molar-refractivity contribution in [2.24, 2.45) is 0 Å². The Bertz CT molecular complexity index is 1650. The zero-order valence-electron chi connectivity index (χ0n) is 49.9. The Balaban J connectivity index is 4.41. The van der Waals surface area contributed by atoms with E-state index in [0.717, 1.165) is 154 Å². The second kappa shape index (κ2) is 64.1. The van der Waals surface area contributed by atoms with Crippen molar-refractivity contribution in [2.75, 3.05) is 13.2 Å². The maximum atomic E-state index is 12.9. The fraction of sp³-hybridized carbons (Fsp3) is 0.648. The molecule has 0 spiro atoms. The Hall–Kier alpha value is -4.45. The summed E-state index contributed by atoms with van der Waals surface area (Å²) in [7, 11) is 0. The molecule has 0 bridgehead atoms. The molecular weight excluding hydrogens is 949 g/mol. The van der Waals surface area contributed by atoms with E-state index in [1.807, 2.05) is 0 Å². The smallest absolute Gasteiger partial charge is 0.306 e. The number of carbonyl (C=O) groups is 3. The standard InChI is InChI=1S/C71H116O6/c1-4-7-10-13-16-19-22-25-28-30-31-32-33-34-35-36-37-38-39-41-43-46-49-52-55-58-61-64-70(73)76-67-68(66-75-69(72)63-60-57-54-51-48-45-42-27-24-21-18-15-12-9-6-3)77-71(74)65-62-59-56-53-50-47-44-40-29-26-23-20-17-14-11-8-5-2/h7-8,10-11,16-17,19-20,25-29,31-32,34-35,37-38,42,44,47,68H,4-6,9,12-15,18,21-24,30,33,36,39-41,43,45-46,48-67H2,1-3H3/b10-7-,11-8-,19-16-,20-17-,28-25-,29-26-,32-31-,35-34-,38-37-,42-27-,47-44-. The van der Waals surface area contributed by atoms with Gasteiger partial charge in [0.15, 0.2) is 6.10 Å². The number of ether oxygens (including phenoxy) is 3. The van der Waals surface area contributed by atoms with Crippen molar-refractivity contribution in [1.82, 2.24) is 0 Å². The van der Waals surface area contributed by atoms with Crippen molar-refractivity contribution in [3.8, 4) is 0 Å². The third-order valence-corrected chi connectivity index (χ3v) is 13.1. The maximum Gasteiger partial charge on any atom is 0.306 e. The molecule has 0 saturated carbocycles. The molecule has 77 heavy (non-hydrogen) atoms. The first-order chi connectivity index (χ1) is 38.0. The van der Waals surface area contributed by atoms with Gasteiger partial charge in [0.2, 0.25) is 0 Å². The molecule has 0 N–H and O–H groups in total. The highest BCUT2D eigenvalue weighted by Gasteiger charge is 2.19. The minimum Gasteiger partial charge on any atom is -0.462 e. The van der Waals surface area contributed by atoms with Gasteiger partial charge in [-0.3, -0.25) is 14.4 Å². The molecule has 0 saturated heterocycles. The van der Waals surface area contributed by atoms with Crippen molar-refractivity contribution < 1.29 is 28.6 Å². The predicted octanol–water partition coefficient (Wildman–Crippen LogP) is 21.8. The molecule has 0 aliphatic heterocycles. The third-order valence-electron chi connectivity index (χ3n) is 13.1. The van der Waals surface area contributed by atoms with E-state index in [1.54, 1.807) is 0 Å². The molecule has 0 amide bonds. The quantitative estimate of drug-likeness (QED) is 0.0261. The molecule has 0 aliphatic rings. The van der Waals surface area contributed by atoms with Crippen LogP contribution in [0.15, 0.2) is 134 Å². The Kier molecular flexibility index (Phi) is 60.4. The van der Waals surface area contributed by atoms with Gasteiger partial charge in [0.05, 0.1) is 0 Å². The Morgan fingerprint density at radius 1 is 0.273 bits per heavy atom. The van der Waals surface area contributed by atoms with Gasteiger partial charge in [-0.05, 0) is 135 Å². The highest BCUT2D eigenvalue weighted by Crippen LogP contribution is 2.15. The molecular formula is C71H116O6. The minimum atomic E-state index is -0.804. The van der Waals surface area contributed by atoms with Crippen molar-refractivity contribution in [1.29, 1.82) is 0 Å². The fourth-order valence-electron chi connectivity index (χ4n) is 8.43. The molecule has 1 atom stereocenters. The number of hydrogen-bond donors (Lipinski definition) is 0. The summed E-state index contributed by atoms with van der Waals surface area (Å²) in [6.07, 6.45) is 90.2.